The molecule has 98 heavy (non-hydrogen) atoms. The monoisotopic (exact) mass is 1390 g/mol. The fourth-order valence-corrected chi connectivity index (χ4v) is 12.0. The number of aliphatic hydroxyl groups is 13. The van der Waals surface area contributed by atoms with E-state index < -0.39 is 246 Å². The van der Waals surface area contributed by atoms with Gasteiger partial charge in [-0.25, -0.2) is 0 Å². The van der Waals surface area contributed by atoms with E-state index in [0.29, 0.717) is 12.0 Å². The Kier molecular flexibility index (Phi) is 26.4. The molecule has 6 aliphatic heterocycles. The zero-order valence-electron chi connectivity index (χ0n) is 53.4. The van der Waals surface area contributed by atoms with Crippen molar-refractivity contribution in [3.05, 3.63) is 65.7 Å². The summed E-state index contributed by atoms with van der Waals surface area (Å²) in [5, 5.41) is 160. The molecule has 8 rings (SSSR count). The molecule has 0 saturated carbocycles. The number of nitrogens with two attached hydrogens (primary N) is 2. The van der Waals surface area contributed by atoms with Crippen LogP contribution < -0.4 is 53.4 Å². The molecule has 544 valence electrons. The molecule has 24 N–H and O–H groups in total. The molecule has 0 radical (unpaired) electrons. The Bertz CT molecular complexity index is 3120. The summed E-state index contributed by atoms with van der Waals surface area (Å²) < 4.78 is 34.3. The van der Waals surface area contributed by atoms with Crippen molar-refractivity contribution < 1.29 is 128 Å². The summed E-state index contributed by atoms with van der Waals surface area (Å²) in [6.45, 7) is -0.384. The van der Waals surface area contributed by atoms with Gasteiger partial charge in [0, 0.05) is 18.8 Å². The fourth-order valence-electron chi connectivity index (χ4n) is 12.0. The van der Waals surface area contributed by atoms with Crippen LogP contribution in [0, 0.1) is 5.92 Å². The van der Waals surface area contributed by atoms with Crippen molar-refractivity contribution in [2.24, 2.45) is 27.4 Å². The normalized spacial score (nSPS) is 36.0. The topological polar surface area (TPSA) is 602 Å². The van der Waals surface area contributed by atoms with Gasteiger partial charge in [-0.15, -0.1) is 0 Å². The molecule has 0 aliphatic carbocycles. The van der Waals surface area contributed by atoms with Crippen LogP contribution in [0.15, 0.2) is 64.6 Å². The van der Waals surface area contributed by atoms with Gasteiger partial charge in [-0.1, -0.05) is 69.7 Å². The maximum absolute atomic E-state index is 15.2. The first kappa shape index (κ1) is 76.1. The molecule has 6 amide bonds. The SMILES string of the molecule is CCC(C)CC(=O)O[C@H]1[C@H](O)[C@H](O)[C@@H](O[C@H]2[C@H](O)[C@H](O)[C@@H](Oc3ccc(C[C@H]4NC(=O)[C@H](C(C)c5ccccc5)NC(=O)CNC(=O)[C@H](CO)NC(=O)[C@@H](C(O)C5CN=C(N)N5[C@H]5O[C@H](CO)[C@@H](O)[C@H](O)[C@@H]5O)NC(=O)[C@H](C(O)C5CN=C(N)N5)NC4=O)cc3)O[C@@H]2CO)O[C@@H]1CO. The summed E-state index contributed by atoms with van der Waals surface area (Å²) in [6, 6.07) is 0.750. The number of aliphatic hydroxyl groups excluding tert-OH is 13. The zero-order valence-corrected chi connectivity index (χ0v) is 53.4. The predicted molar refractivity (Wildman–Crippen MR) is 331 cm³/mol. The van der Waals surface area contributed by atoms with E-state index >= 15 is 9.59 Å². The maximum Gasteiger partial charge on any atom is 0.306 e. The fraction of sp³-hybridized carbons (Fsp3) is 0.650. The summed E-state index contributed by atoms with van der Waals surface area (Å²) in [6.07, 6.45) is -31.2. The van der Waals surface area contributed by atoms with Gasteiger partial charge in [0.05, 0.1) is 58.1 Å². The molecule has 26 atom stereocenters. The minimum absolute atomic E-state index is 0.0361. The number of guanidine groups is 2. The van der Waals surface area contributed by atoms with Crippen LogP contribution in [0.5, 0.6) is 5.75 Å². The summed E-state index contributed by atoms with van der Waals surface area (Å²) >= 11 is 0. The first-order valence-electron chi connectivity index (χ1n) is 31.7. The third kappa shape index (κ3) is 17.7. The van der Waals surface area contributed by atoms with Gasteiger partial charge < -0.3 is 148 Å². The van der Waals surface area contributed by atoms with Gasteiger partial charge >= 0.3 is 5.97 Å². The van der Waals surface area contributed by atoms with Crippen molar-refractivity contribution in [1.29, 1.82) is 0 Å². The molecule has 38 heteroatoms. The highest BCUT2D eigenvalue weighted by Crippen LogP contribution is 2.33. The average molecular weight is 1390 g/mol. The molecule has 6 heterocycles. The number of nitrogens with zero attached hydrogens (tertiary/aromatic N) is 3. The molecule has 2 aromatic rings. The van der Waals surface area contributed by atoms with E-state index in [1.165, 1.54) is 24.3 Å². The van der Waals surface area contributed by atoms with Crippen molar-refractivity contribution >= 4 is 53.3 Å². The number of esters is 1. The quantitative estimate of drug-likeness (QED) is 0.0516. The third-order valence-electron chi connectivity index (χ3n) is 18.0. The number of carbonyl (C=O) groups excluding carboxylic acids is 7. The Balaban J connectivity index is 1.08. The van der Waals surface area contributed by atoms with Crippen LogP contribution in [-0.4, -0.2) is 317 Å². The van der Waals surface area contributed by atoms with Crippen molar-refractivity contribution in [1.82, 2.24) is 42.1 Å². The number of rotatable bonds is 21. The number of hydrogen-bond donors (Lipinski definition) is 22. The number of amides is 6. The molecule has 4 fully saturated rings. The number of ether oxygens (including phenoxy) is 6. The lowest BCUT2D eigenvalue weighted by Crippen LogP contribution is -2.70. The summed E-state index contributed by atoms with van der Waals surface area (Å²) in [5.74, 6) is -9.87. The Morgan fingerprint density at radius 3 is 1.84 bits per heavy atom. The van der Waals surface area contributed by atoms with Gasteiger partial charge in [0.1, 0.15) is 115 Å². The summed E-state index contributed by atoms with van der Waals surface area (Å²) in [5.41, 5.74) is 12.8. The molecule has 6 unspecified atom stereocenters. The van der Waals surface area contributed by atoms with Gasteiger partial charge in [0.15, 0.2) is 30.5 Å². The molecule has 0 spiro atoms. The van der Waals surface area contributed by atoms with E-state index in [1.807, 2.05) is 6.92 Å². The highest BCUT2D eigenvalue weighted by molar-refractivity contribution is 5.98. The minimum atomic E-state index is -2.35. The Morgan fingerprint density at radius 1 is 0.612 bits per heavy atom. The van der Waals surface area contributed by atoms with Crippen LogP contribution in [0.25, 0.3) is 0 Å². The first-order chi connectivity index (χ1) is 46.6. The van der Waals surface area contributed by atoms with Gasteiger partial charge in [-0.2, -0.15) is 0 Å². The molecule has 38 nitrogen and oxygen atoms in total. The van der Waals surface area contributed by atoms with Gasteiger partial charge in [-0.3, -0.25) is 43.5 Å². The molecular weight excluding hydrogens is 1300 g/mol. The lowest BCUT2D eigenvalue weighted by Gasteiger charge is -2.46. The number of hydrogen-bond acceptors (Lipinski definition) is 32. The molecule has 6 aliphatic rings. The Hall–Kier alpha value is -7.61. The standard InChI is InChI=1S/C60H88N12O26/c1-4-23(2)14-36(78)97-49-33(21-75)96-58(48(87)44(49)83)98-50-34(22-76)95-57(47(86)45(50)84)93-27-12-10-25(11-13-27)15-28-52(89)70-38(40(79)29-16-64-59(61)68-29)55(92)71-39(41(80)31-17-65-60(62)72(31)56-46(85)43(82)42(81)32(20-74)94-56)54(91)67-30(19-73)51(88)63-18-35(77)69-37(53(90)66-28)24(3)26-8-6-5-7-9-26/h5-13,23-24,28-34,37-50,56-58,73-76,79-87H,4,14-22H2,1-3H3,(H2,62,65)(H,63,88)(H,66,90)(H,67,91)(H,69,77)(H,70,89)(H,71,92)(H3,61,64,68)/t23?,24?,28-,29?,30+,31?,32-,33-,34-,37+,38+,39-,40?,41?,42-,43+,44-,45-,46+,47+,48+,49-,50-,56+,57+,58-/m1/s1. The molecule has 0 aromatic heterocycles. The lowest BCUT2D eigenvalue weighted by atomic mass is 9.92. The summed E-state index contributed by atoms with van der Waals surface area (Å²) in [4.78, 5) is 109. The van der Waals surface area contributed by atoms with Crippen LogP contribution >= 0.6 is 0 Å². The largest absolute Gasteiger partial charge is 0.462 e. The van der Waals surface area contributed by atoms with Crippen LogP contribution in [0.4, 0.5) is 0 Å². The van der Waals surface area contributed by atoms with E-state index in [0.717, 1.165) is 4.90 Å². The second-order valence-corrected chi connectivity index (χ2v) is 24.7. The number of carbonyl (C=O) groups is 7. The van der Waals surface area contributed by atoms with E-state index in [4.69, 9.17) is 39.9 Å². The number of benzene rings is 2. The molecule has 2 aromatic carbocycles. The van der Waals surface area contributed by atoms with Crippen molar-refractivity contribution in [3.8, 4) is 5.75 Å². The van der Waals surface area contributed by atoms with Crippen LogP contribution in [-0.2, 0) is 63.7 Å². The Morgan fingerprint density at radius 2 is 1.20 bits per heavy atom. The summed E-state index contributed by atoms with van der Waals surface area (Å²) in [7, 11) is 0. The van der Waals surface area contributed by atoms with Crippen LogP contribution in [0.3, 0.4) is 0 Å². The second-order valence-electron chi connectivity index (χ2n) is 24.7. The van der Waals surface area contributed by atoms with Crippen molar-refractivity contribution in [3.63, 3.8) is 0 Å². The van der Waals surface area contributed by atoms with Gasteiger partial charge in [0.2, 0.25) is 41.7 Å². The lowest BCUT2D eigenvalue weighted by molar-refractivity contribution is -0.353. The van der Waals surface area contributed by atoms with E-state index in [1.54, 1.807) is 44.2 Å². The van der Waals surface area contributed by atoms with Crippen LogP contribution in [0.1, 0.15) is 50.7 Å². The highest BCUT2D eigenvalue weighted by atomic mass is 16.7. The molecule has 0 bridgehead atoms. The van der Waals surface area contributed by atoms with Crippen molar-refractivity contribution in [2.45, 2.75) is 193 Å². The van der Waals surface area contributed by atoms with Crippen LogP contribution in [0.2, 0.25) is 0 Å². The maximum atomic E-state index is 15.2. The minimum Gasteiger partial charge on any atom is -0.462 e. The number of nitrogens with one attached hydrogen (secondary N) is 7. The highest BCUT2D eigenvalue weighted by Gasteiger charge is 2.55. The van der Waals surface area contributed by atoms with Crippen molar-refractivity contribution in [2.75, 3.05) is 46.1 Å². The average Bonchev–Trinajstić information content (AvgIpc) is 1.43. The van der Waals surface area contributed by atoms with Gasteiger partial charge in [-0.05, 0) is 29.2 Å². The van der Waals surface area contributed by atoms with E-state index in [9.17, 15) is 90.4 Å². The second kappa shape index (κ2) is 34.0. The third-order valence-corrected chi connectivity index (χ3v) is 18.0. The van der Waals surface area contributed by atoms with E-state index in [2.05, 4.69) is 47.2 Å². The smallest absolute Gasteiger partial charge is 0.306 e. The number of aliphatic imine (C=N–C) groups is 2. The van der Waals surface area contributed by atoms with E-state index in [-0.39, 0.29) is 36.2 Å². The predicted octanol–water partition coefficient (Wildman–Crippen LogP) is -11.6. The van der Waals surface area contributed by atoms with Gasteiger partial charge in [0.25, 0.3) is 0 Å². The zero-order chi connectivity index (χ0) is 71.6. The molecular formula is C60H88N12O26. The first-order valence-corrected chi connectivity index (χ1v) is 31.7. The Labute approximate surface area is 559 Å². The molecule has 4 saturated heterocycles.